The molecule has 0 radical (unpaired) electrons. The van der Waals surface area contributed by atoms with Crippen LogP contribution in [-0.2, 0) is 0 Å². The van der Waals surface area contributed by atoms with Crippen LogP contribution in [0.15, 0.2) is 48.7 Å². The lowest BCUT2D eigenvalue weighted by Gasteiger charge is -2.06. The van der Waals surface area contributed by atoms with Crippen molar-refractivity contribution in [3.63, 3.8) is 0 Å². The second-order valence-corrected chi connectivity index (χ2v) is 5.87. The topological polar surface area (TPSA) is 41.6 Å². The van der Waals surface area contributed by atoms with E-state index in [1.165, 1.54) is 12.3 Å². The van der Waals surface area contributed by atoms with Gasteiger partial charge in [0, 0.05) is 16.8 Å². The summed E-state index contributed by atoms with van der Waals surface area (Å²) in [5.41, 5.74) is 1.51. The van der Waals surface area contributed by atoms with E-state index in [1.54, 1.807) is 18.2 Å². The molecular weight excluding hydrogens is 351 g/mol. The second kappa shape index (κ2) is 5.89. The number of hydrogen-bond donors (Lipinski definition) is 1. The van der Waals surface area contributed by atoms with Crippen LogP contribution in [0.4, 0.5) is 13.2 Å². The number of benzene rings is 2. The maximum atomic E-state index is 14.5. The lowest BCUT2D eigenvalue weighted by Crippen LogP contribution is -1.94. The molecule has 0 spiro atoms. The Morgan fingerprint density at radius 2 is 1.64 bits per heavy atom. The lowest BCUT2D eigenvalue weighted by molar-refractivity contribution is 0.584. The zero-order chi connectivity index (χ0) is 17.6. The fourth-order valence-corrected chi connectivity index (χ4v) is 2.78. The van der Waals surface area contributed by atoms with Gasteiger partial charge in [-0.2, -0.15) is 4.39 Å². The third-order valence-electron chi connectivity index (χ3n) is 3.78. The van der Waals surface area contributed by atoms with Crippen molar-refractivity contribution >= 4 is 22.6 Å². The van der Waals surface area contributed by atoms with Crippen molar-refractivity contribution in [1.29, 1.82) is 0 Å². The molecule has 0 bridgehead atoms. The Bertz CT molecular complexity index is 1070. The van der Waals surface area contributed by atoms with Crippen molar-refractivity contribution in [3.8, 4) is 22.5 Å². The maximum absolute atomic E-state index is 14.5. The number of aromatic nitrogens is 3. The summed E-state index contributed by atoms with van der Waals surface area (Å²) in [4.78, 5) is 10.6. The molecule has 1 N–H and O–H groups in total. The number of imidazole rings is 1. The molecule has 2 heterocycles. The molecule has 2 aromatic heterocycles. The minimum Gasteiger partial charge on any atom is -0.338 e. The first-order valence-corrected chi connectivity index (χ1v) is 7.66. The zero-order valence-electron chi connectivity index (χ0n) is 12.5. The van der Waals surface area contributed by atoms with Crippen LogP contribution in [0.25, 0.3) is 33.5 Å². The van der Waals surface area contributed by atoms with Gasteiger partial charge in [0.15, 0.2) is 0 Å². The molecule has 0 aliphatic heterocycles. The molecular formula is C18H9ClF3N3. The number of nitrogens with one attached hydrogen (secondary N) is 1. The molecule has 0 saturated carbocycles. The fraction of sp³-hybridized carbons (Fsp3) is 0. The Hall–Kier alpha value is -2.86. The molecule has 4 aromatic rings. The molecule has 0 aliphatic carbocycles. The Morgan fingerprint density at radius 3 is 2.32 bits per heavy atom. The van der Waals surface area contributed by atoms with Crippen molar-refractivity contribution in [2.24, 2.45) is 0 Å². The molecule has 0 amide bonds. The fourth-order valence-electron chi connectivity index (χ4n) is 2.61. The van der Waals surface area contributed by atoms with Crippen molar-refractivity contribution < 1.29 is 13.2 Å². The SMILES string of the molecule is Fc1ccc(-c2cc(F)c(-c3nc4cc(Cl)ccc4[nH]3)c(F)c2)cn1. The number of rotatable bonds is 2. The first-order chi connectivity index (χ1) is 12.0. The molecule has 0 saturated heterocycles. The van der Waals surface area contributed by atoms with E-state index in [9.17, 15) is 13.2 Å². The van der Waals surface area contributed by atoms with Crippen LogP contribution < -0.4 is 0 Å². The van der Waals surface area contributed by atoms with Gasteiger partial charge in [0.05, 0.1) is 16.6 Å². The van der Waals surface area contributed by atoms with Crippen LogP contribution in [0, 0.1) is 17.6 Å². The summed E-state index contributed by atoms with van der Waals surface area (Å²) in [6.07, 6.45) is 1.21. The van der Waals surface area contributed by atoms with Gasteiger partial charge in [-0.05, 0) is 48.0 Å². The van der Waals surface area contributed by atoms with E-state index >= 15 is 0 Å². The Morgan fingerprint density at radius 1 is 0.880 bits per heavy atom. The van der Waals surface area contributed by atoms with Gasteiger partial charge in [0.2, 0.25) is 5.95 Å². The highest BCUT2D eigenvalue weighted by molar-refractivity contribution is 6.31. The first kappa shape index (κ1) is 15.7. The molecule has 7 heteroatoms. The number of fused-ring (bicyclic) bond motifs is 1. The van der Waals surface area contributed by atoms with Crippen LogP contribution in [0.2, 0.25) is 5.02 Å². The summed E-state index contributed by atoms with van der Waals surface area (Å²) in [6, 6.07) is 9.79. The van der Waals surface area contributed by atoms with Crippen LogP contribution >= 0.6 is 11.6 Å². The molecule has 0 fully saturated rings. The largest absolute Gasteiger partial charge is 0.338 e. The van der Waals surface area contributed by atoms with E-state index in [0.717, 1.165) is 18.2 Å². The highest BCUT2D eigenvalue weighted by atomic mass is 35.5. The summed E-state index contributed by atoms with van der Waals surface area (Å²) in [6.45, 7) is 0. The van der Waals surface area contributed by atoms with Gasteiger partial charge in [-0.15, -0.1) is 0 Å². The Balaban J connectivity index is 1.83. The highest BCUT2D eigenvalue weighted by Gasteiger charge is 2.18. The van der Waals surface area contributed by atoms with Gasteiger partial charge >= 0.3 is 0 Å². The Kier molecular flexibility index (Phi) is 3.69. The van der Waals surface area contributed by atoms with Crippen molar-refractivity contribution in [3.05, 3.63) is 71.3 Å². The summed E-state index contributed by atoms with van der Waals surface area (Å²) in [5.74, 6) is -2.17. The Labute approximate surface area is 145 Å². The van der Waals surface area contributed by atoms with E-state index in [4.69, 9.17) is 11.6 Å². The average Bonchev–Trinajstić information content (AvgIpc) is 2.97. The zero-order valence-corrected chi connectivity index (χ0v) is 13.3. The van der Waals surface area contributed by atoms with Crippen LogP contribution in [-0.4, -0.2) is 15.0 Å². The third-order valence-corrected chi connectivity index (χ3v) is 4.02. The lowest BCUT2D eigenvalue weighted by atomic mass is 10.0. The normalized spacial score (nSPS) is 11.2. The summed E-state index contributed by atoms with van der Waals surface area (Å²) in [5, 5.41) is 0.477. The van der Waals surface area contributed by atoms with Gasteiger partial charge < -0.3 is 4.98 Å². The molecule has 0 atom stereocenters. The van der Waals surface area contributed by atoms with Gasteiger partial charge in [-0.25, -0.2) is 18.7 Å². The maximum Gasteiger partial charge on any atom is 0.212 e. The van der Waals surface area contributed by atoms with Crippen LogP contribution in [0.1, 0.15) is 0 Å². The van der Waals surface area contributed by atoms with Crippen molar-refractivity contribution in [2.45, 2.75) is 0 Å². The number of halogens is 4. The molecule has 3 nitrogen and oxygen atoms in total. The van der Waals surface area contributed by atoms with E-state index in [0.29, 0.717) is 21.6 Å². The van der Waals surface area contributed by atoms with Gasteiger partial charge in [0.1, 0.15) is 17.5 Å². The first-order valence-electron chi connectivity index (χ1n) is 7.28. The standard InChI is InChI=1S/C18H9ClF3N3/c19-11-2-3-14-15(7-11)25-18(24-14)17-12(20)5-10(6-13(17)21)9-1-4-16(22)23-8-9/h1-8H,(H,24,25). The van der Waals surface area contributed by atoms with Crippen LogP contribution in [0.3, 0.4) is 0 Å². The number of nitrogens with zero attached hydrogens (tertiary/aromatic N) is 2. The number of aromatic amines is 1. The summed E-state index contributed by atoms with van der Waals surface area (Å²) >= 11 is 5.90. The molecule has 4 rings (SSSR count). The second-order valence-electron chi connectivity index (χ2n) is 5.43. The third kappa shape index (κ3) is 2.85. The predicted molar refractivity (Wildman–Crippen MR) is 89.6 cm³/mol. The minimum atomic E-state index is -0.788. The van der Waals surface area contributed by atoms with Crippen molar-refractivity contribution in [1.82, 2.24) is 15.0 Å². The van der Waals surface area contributed by atoms with Gasteiger partial charge in [0.25, 0.3) is 0 Å². The van der Waals surface area contributed by atoms with E-state index in [-0.39, 0.29) is 17.0 Å². The van der Waals surface area contributed by atoms with E-state index in [2.05, 4.69) is 15.0 Å². The summed E-state index contributed by atoms with van der Waals surface area (Å²) < 4.78 is 42.0. The molecule has 2 aromatic carbocycles. The molecule has 25 heavy (non-hydrogen) atoms. The predicted octanol–water partition coefficient (Wildman–Crippen LogP) is 5.36. The van der Waals surface area contributed by atoms with E-state index in [1.807, 2.05) is 0 Å². The number of hydrogen-bond acceptors (Lipinski definition) is 2. The number of H-pyrrole nitrogens is 1. The summed E-state index contributed by atoms with van der Waals surface area (Å²) in [7, 11) is 0. The van der Waals surface area contributed by atoms with Crippen molar-refractivity contribution in [2.75, 3.05) is 0 Å². The smallest absolute Gasteiger partial charge is 0.212 e. The number of pyridine rings is 1. The average molecular weight is 360 g/mol. The molecule has 0 aliphatic rings. The highest BCUT2D eigenvalue weighted by Crippen LogP contribution is 2.31. The van der Waals surface area contributed by atoms with Gasteiger partial charge in [-0.3, -0.25) is 0 Å². The van der Waals surface area contributed by atoms with E-state index < -0.39 is 17.6 Å². The minimum absolute atomic E-state index is 0.0658. The van der Waals surface area contributed by atoms with Crippen LogP contribution in [0.5, 0.6) is 0 Å². The monoisotopic (exact) mass is 359 g/mol. The van der Waals surface area contributed by atoms with Gasteiger partial charge in [-0.1, -0.05) is 11.6 Å². The molecule has 0 unspecified atom stereocenters. The molecule has 124 valence electrons. The quantitative estimate of drug-likeness (QED) is 0.489.